The van der Waals surface area contributed by atoms with Crippen molar-refractivity contribution >= 4 is 68.2 Å². The molecule has 0 unspecified atom stereocenters. The Hall–Kier alpha value is -0.750. The van der Waals surface area contributed by atoms with Crippen molar-refractivity contribution in [3.63, 3.8) is 0 Å². The fourth-order valence-corrected chi connectivity index (χ4v) is 6.38. The molecule has 1 aromatic carbocycles. The van der Waals surface area contributed by atoms with Crippen LogP contribution in [0.5, 0.6) is 0 Å². The third-order valence-electron chi connectivity index (χ3n) is 6.81. The van der Waals surface area contributed by atoms with Crippen LogP contribution in [0.15, 0.2) is 34.3 Å². The van der Waals surface area contributed by atoms with Crippen LogP contribution in [0.25, 0.3) is 5.76 Å². The first-order valence-electron chi connectivity index (χ1n) is 9.71. The van der Waals surface area contributed by atoms with E-state index in [0.717, 1.165) is 30.2 Å². The lowest BCUT2D eigenvalue weighted by atomic mass is 9.53. The van der Waals surface area contributed by atoms with Gasteiger partial charge in [0.15, 0.2) is 0 Å². The molecule has 1 aromatic rings. The van der Waals surface area contributed by atoms with Gasteiger partial charge in [0, 0.05) is 21.9 Å². The van der Waals surface area contributed by atoms with Gasteiger partial charge < -0.3 is 9.47 Å². The Labute approximate surface area is 192 Å². The van der Waals surface area contributed by atoms with Gasteiger partial charge in [0.2, 0.25) is 5.78 Å². The molecule has 0 radical (unpaired) electrons. The second-order valence-corrected chi connectivity index (χ2v) is 11.8. The van der Waals surface area contributed by atoms with Crippen LogP contribution in [-0.4, -0.2) is 21.3 Å². The number of halogens is 4. The van der Waals surface area contributed by atoms with Crippen LogP contribution in [-0.2, 0) is 19.1 Å². The molecule has 0 atom stereocenters. The summed E-state index contributed by atoms with van der Waals surface area (Å²) in [5.74, 6) is -1.02. The van der Waals surface area contributed by atoms with Gasteiger partial charge in [-0.05, 0) is 56.1 Å². The first kappa shape index (κ1) is 20.2. The number of benzene rings is 1. The molecule has 4 bridgehead atoms. The molecule has 1 spiro atoms. The smallest absolute Gasteiger partial charge is 0.349 e. The highest BCUT2D eigenvalue weighted by atomic mass is 79.9. The van der Waals surface area contributed by atoms with Gasteiger partial charge in [-0.1, -0.05) is 62.9 Å². The minimum atomic E-state index is -2.28. The Balaban J connectivity index is 1.63. The molecular formula is C21H18BrCl3O4. The maximum absolute atomic E-state index is 13.2. The Kier molecular flexibility index (Phi) is 4.78. The molecule has 4 aliphatic carbocycles. The lowest BCUT2D eigenvalue weighted by Gasteiger charge is -2.60. The van der Waals surface area contributed by atoms with Crippen LogP contribution in [0.3, 0.4) is 0 Å². The van der Waals surface area contributed by atoms with Crippen molar-refractivity contribution in [2.45, 2.75) is 41.7 Å². The number of hydrogen-bond donors (Lipinski definition) is 0. The number of ketones is 1. The summed E-state index contributed by atoms with van der Waals surface area (Å²) in [6.07, 6.45) is 5.15. The normalized spacial score (nSPS) is 35.7. The summed E-state index contributed by atoms with van der Waals surface area (Å²) in [5.41, 5.74) is 0.238. The van der Waals surface area contributed by atoms with Gasteiger partial charge in [0.1, 0.15) is 11.3 Å². The fourth-order valence-electron chi connectivity index (χ4n) is 5.84. The average molecular weight is 521 g/mol. The highest BCUT2D eigenvalue weighted by Gasteiger charge is 2.64. The molecule has 6 rings (SSSR count). The Morgan fingerprint density at radius 1 is 0.966 bits per heavy atom. The predicted octanol–water partition coefficient (Wildman–Crippen LogP) is 5.83. The number of carbonyl (C=O) groups is 2. The monoisotopic (exact) mass is 518 g/mol. The van der Waals surface area contributed by atoms with Crippen molar-refractivity contribution in [2.24, 2.45) is 23.7 Å². The third kappa shape index (κ3) is 3.24. The molecule has 8 heteroatoms. The van der Waals surface area contributed by atoms with Crippen molar-refractivity contribution in [2.75, 3.05) is 0 Å². The zero-order valence-corrected chi connectivity index (χ0v) is 19.2. The van der Waals surface area contributed by atoms with Crippen molar-refractivity contribution in [3.05, 3.63) is 39.9 Å². The van der Waals surface area contributed by atoms with E-state index in [-0.39, 0.29) is 23.2 Å². The quantitative estimate of drug-likeness (QED) is 0.280. The maximum Gasteiger partial charge on any atom is 0.349 e. The van der Waals surface area contributed by atoms with Crippen LogP contribution in [0.4, 0.5) is 0 Å². The van der Waals surface area contributed by atoms with E-state index in [1.165, 1.54) is 6.42 Å². The van der Waals surface area contributed by atoms with Crippen LogP contribution < -0.4 is 0 Å². The first-order chi connectivity index (χ1) is 13.7. The molecule has 1 heterocycles. The summed E-state index contributed by atoms with van der Waals surface area (Å²) in [6.45, 7) is 0. The molecule has 154 valence electrons. The van der Waals surface area contributed by atoms with Gasteiger partial charge in [0.25, 0.3) is 9.58 Å². The second-order valence-electron chi connectivity index (χ2n) is 8.56. The second kappa shape index (κ2) is 6.88. The molecule has 0 amide bonds. The van der Waals surface area contributed by atoms with Crippen molar-refractivity contribution in [1.82, 2.24) is 0 Å². The number of carbonyl (C=O) groups excluding carboxylic acids is 2. The van der Waals surface area contributed by atoms with Gasteiger partial charge in [-0.25, -0.2) is 4.79 Å². The van der Waals surface area contributed by atoms with E-state index in [2.05, 4.69) is 15.9 Å². The van der Waals surface area contributed by atoms with E-state index in [9.17, 15) is 9.59 Å². The predicted molar refractivity (Wildman–Crippen MR) is 113 cm³/mol. The van der Waals surface area contributed by atoms with E-state index in [1.54, 1.807) is 12.1 Å². The number of hydrogen-bond acceptors (Lipinski definition) is 4. The van der Waals surface area contributed by atoms with E-state index >= 15 is 0 Å². The highest BCUT2D eigenvalue weighted by Crippen LogP contribution is 2.62. The number of ether oxygens (including phenoxy) is 2. The summed E-state index contributed by atoms with van der Waals surface area (Å²) >= 11 is 20.9. The van der Waals surface area contributed by atoms with Crippen LogP contribution >= 0.6 is 50.7 Å². The Bertz CT molecular complexity index is 891. The van der Waals surface area contributed by atoms with Gasteiger partial charge in [-0.15, -0.1) is 0 Å². The SMILES string of the molecule is O=C1OC2(OC(c3ccc(Br)cc3)=C1C(=O)C(Cl)(Cl)Cl)C1CC3CC(C1)CC2C3. The van der Waals surface area contributed by atoms with E-state index < -0.39 is 21.3 Å². The first-order valence-corrected chi connectivity index (χ1v) is 11.6. The Morgan fingerprint density at radius 2 is 1.52 bits per heavy atom. The molecule has 4 nitrogen and oxygen atoms in total. The van der Waals surface area contributed by atoms with Crippen LogP contribution in [0.2, 0.25) is 0 Å². The zero-order valence-electron chi connectivity index (χ0n) is 15.3. The van der Waals surface area contributed by atoms with E-state index in [1.807, 2.05) is 12.1 Å². The molecular weight excluding hydrogens is 502 g/mol. The van der Waals surface area contributed by atoms with Gasteiger partial charge in [-0.2, -0.15) is 0 Å². The maximum atomic E-state index is 13.2. The summed E-state index contributed by atoms with van der Waals surface area (Å²) in [4.78, 5) is 26.0. The van der Waals surface area contributed by atoms with E-state index in [4.69, 9.17) is 44.3 Å². The van der Waals surface area contributed by atoms with E-state index in [0.29, 0.717) is 17.4 Å². The average Bonchev–Trinajstić information content (AvgIpc) is 2.64. The topological polar surface area (TPSA) is 52.6 Å². The number of Topliss-reactive ketones (excluding diaryl/α,β-unsaturated/α-hetero) is 1. The molecule has 4 saturated carbocycles. The van der Waals surface area contributed by atoms with Gasteiger partial charge in [0.05, 0.1) is 0 Å². The summed E-state index contributed by atoms with van der Waals surface area (Å²) < 4.78 is 11.0. The molecule has 0 aromatic heterocycles. The Morgan fingerprint density at radius 3 is 2.03 bits per heavy atom. The summed E-state index contributed by atoms with van der Waals surface area (Å²) in [7, 11) is 0. The largest absolute Gasteiger partial charge is 0.450 e. The van der Waals surface area contributed by atoms with Gasteiger partial charge in [-0.3, -0.25) is 4.79 Å². The van der Waals surface area contributed by atoms with Crippen molar-refractivity contribution < 1.29 is 19.1 Å². The number of esters is 1. The standard InChI is InChI=1S/C21H18BrCl3O4/c22-15-3-1-12(2-4-15)17-16(18(26)21(23,24)25)19(27)29-20(28-17)13-6-10-5-11(8-13)9-14(20)7-10/h1-4,10-11,13-14H,5-9H2. The lowest BCUT2D eigenvalue weighted by molar-refractivity contribution is -0.301. The summed E-state index contributed by atoms with van der Waals surface area (Å²) in [6, 6.07) is 7.17. The minimum Gasteiger partial charge on any atom is -0.450 e. The molecule has 1 aliphatic heterocycles. The summed E-state index contributed by atoms with van der Waals surface area (Å²) in [5, 5.41) is 0. The van der Waals surface area contributed by atoms with Crippen molar-refractivity contribution in [1.29, 1.82) is 0 Å². The fraction of sp³-hybridized carbons (Fsp3) is 0.524. The molecule has 29 heavy (non-hydrogen) atoms. The number of alkyl halides is 3. The van der Waals surface area contributed by atoms with Crippen LogP contribution in [0, 0.1) is 23.7 Å². The zero-order chi connectivity index (χ0) is 20.6. The molecule has 0 N–H and O–H groups in total. The third-order valence-corrected chi connectivity index (χ3v) is 7.86. The lowest BCUT2D eigenvalue weighted by Crippen LogP contribution is -2.62. The molecule has 0 saturated heterocycles. The minimum absolute atomic E-state index is 0.123. The number of rotatable bonds is 2. The van der Waals surface area contributed by atoms with Gasteiger partial charge >= 0.3 is 5.97 Å². The molecule has 5 aliphatic rings. The molecule has 4 fully saturated rings. The van der Waals surface area contributed by atoms with Crippen molar-refractivity contribution in [3.8, 4) is 0 Å². The highest BCUT2D eigenvalue weighted by molar-refractivity contribution is 9.10. The van der Waals surface area contributed by atoms with Crippen LogP contribution in [0.1, 0.15) is 37.7 Å².